The van der Waals surface area contributed by atoms with Crippen LogP contribution in [0.5, 0.6) is 0 Å². The van der Waals surface area contributed by atoms with Gasteiger partial charge < -0.3 is 9.84 Å². The molecule has 2 heteroatoms. The first-order valence-electron chi connectivity index (χ1n) is 8.02. The monoisotopic (exact) mass is 252 g/mol. The molecule has 3 unspecified atom stereocenters. The molecule has 0 amide bonds. The zero-order valence-corrected chi connectivity index (χ0v) is 11.7. The third-order valence-electron chi connectivity index (χ3n) is 5.68. The summed E-state index contributed by atoms with van der Waals surface area (Å²) in [7, 11) is 0. The molecule has 2 aliphatic carbocycles. The molecule has 0 aromatic rings. The summed E-state index contributed by atoms with van der Waals surface area (Å²) in [6.07, 6.45) is 11.3. The maximum Gasteiger partial charge on any atom is 0.0686 e. The lowest BCUT2D eigenvalue weighted by atomic mass is 9.72. The van der Waals surface area contributed by atoms with E-state index in [2.05, 4.69) is 6.92 Å². The molecule has 2 saturated carbocycles. The van der Waals surface area contributed by atoms with Crippen LogP contribution >= 0.6 is 0 Å². The number of aliphatic hydroxyl groups excluding tert-OH is 1. The summed E-state index contributed by atoms with van der Waals surface area (Å²) in [4.78, 5) is 0. The van der Waals surface area contributed by atoms with Gasteiger partial charge in [0, 0.05) is 6.61 Å². The lowest BCUT2D eigenvalue weighted by molar-refractivity contribution is -0.139. The molecule has 104 valence electrons. The Hall–Kier alpha value is -0.0800. The second-order valence-electron chi connectivity index (χ2n) is 7.03. The molecule has 1 spiro atoms. The lowest BCUT2D eigenvalue weighted by Crippen LogP contribution is -2.45. The summed E-state index contributed by atoms with van der Waals surface area (Å²) in [5.41, 5.74) is 0.144. The molecule has 1 saturated heterocycles. The van der Waals surface area contributed by atoms with Crippen LogP contribution in [0.1, 0.15) is 64.7 Å². The fourth-order valence-electron chi connectivity index (χ4n) is 4.23. The second-order valence-corrected chi connectivity index (χ2v) is 7.03. The largest absolute Gasteiger partial charge is 0.393 e. The zero-order valence-electron chi connectivity index (χ0n) is 11.7. The third kappa shape index (κ3) is 2.60. The first-order chi connectivity index (χ1) is 8.70. The van der Waals surface area contributed by atoms with Gasteiger partial charge in [0.15, 0.2) is 0 Å². The predicted octanol–water partition coefficient (Wildman–Crippen LogP) is 3.52. The molecule has 3 atom stereocenters. The fraction of sp³-hybridized carbons (Fsp3) is 1.00. The summed E-state index contributed by atoms with van der Waals surface area (Å²) >= 11 is 0. The maximum atomic E-state index is 10.6. The second kappa shape index (κ2) is 5.13. The quantitative estimate of drug-likeness (QED) is 0.832. The Kier molecular flexibility index (Phi) is 3.68. The molecule has 1 aliphatic heterocycles. The minimum atomic E-state index is -0.0831. The minimum absolute atomic E-state index is 0.0831. The van der Waals surface area contributed by atoms with Crippen molar-refractivity contribution in [1.82, 2.24) is 0 Å². The first kappa shape index (κ1) is 12.9. The van der Waals surface area contributed by atoms with E-state index in [0.717, 1.165) is 25.4 Å². The third-order valence-corrected chi connectivity index (χ3v) is 5.68. The van der Waals surface area contributed by atoms with Crippen molar-refractivity contribution in [2.45, 2.75) is 76.4 Å². The van der Waals surface area contributed by atoms with E-state index in [9.17, 15) is 5.11 Å². The number of aliphatic hydroxyl groups is 1. The van der Waals surface area contributed by atoms with Crippen LogP contribution in [0.15, 0.2) is 0 Å². The van der Waals surface area contributed by atoms with E-state index < -0.39 is 0 Å². The van der Waals surface area contributed by atoms with Crippen molar-refractivity contribution in [3.05, 3.63) is 0 Å². The molecule has 3 aliphatic rings. The Morgan fingerprint density at radius 1 is 1.06 bits per heavy atom. The Morgan fingerprint density at radius 3 is 2.44 bits per heavy atom. The molecule has 0 aromatic heterocycles. The van der Waals surface area contributed by atoms with Crippen LogP contribution in [-0.2, 0) is 4.74 Å². The SMILES string of the molecule is CC(C1CC1)C(O)C1CCOC2(CCCCC2)C1. The van der Waals surface area contributed by atoms with E-state index in [0.29, 0.717) is 11.8 Å². The van der Waals surface area contributed by atoms with Gasteiger partial charge >= 0.3 is 0 Å². The number of ether oxygens (including phenoxy) is 1. The van der Waals surface area contributed by atoms with Gasteiger partial charge in [-0.05, 0) is 56.3 Å². The van der Waals surface area contributed by atoms with Crippen molar-refractivity contribution >= 4 is 0 Å². The van der Waals surface area contributed by atoms with E-state index in [1.165, 1.54) is 44.9 Å². The van der Waals surface area contributed by atoms with Crippen LogP contribution in [-0.4, -0.2) is 23.4 Å². The molecular weight excluding hydrogens is 224 g/mol. The van der Waals surface area contributed by atoms with Crippen molar-refractivity contribution in [3.8, 4) is 0 Å². The van der Waals surface area contributed by atoms with Gasteiger partial charge in [0.1, 0.15) is 0 Å². The van der Waals surface area contributed by atoms with Crippen LogP contribution in [0.3, 0.4) is 0 Å². The van der Waals surface area contributed by atoms with Gasteiger partial charge in [0.2, 0.25) is 0 Å². The molecule has 0 aromatic carbocycles. The average Bonchev–Trinajstić information content (AvgIpc) is 3.22. The minimum Gasteiger partial charge on any atom is -0.393 e. The van der Waals surface area contributed by atoms with E-state index >= 15 is 0 Å². The molecule has 1 N–H and O–H groups in total. The van der Waals surface area contributed by atoms with Crippen molar-refractivity contribution in [3.63, 3.8) is 0 Å². The first-order valence-corrected chi connectivity index (χ1v) is 8.02. The summed E-state index contributed by atoms with van der Waals surface area (Å²) in [6, 6.07) is 0. The molecule has 0 radical (unpaired) electrons. The Morgan fingerprint density at radius 2 is 1.78 bits per heavy atom. The van der Waals surface area contributed by atoms with Crippen molar-refractivity contribution in [2.24, 2.45) is 17.8 Å². The highest BCUT2D eigenvalue weighted by atomic mass is 16.5. The Labute approximate surface area is 111 Å². The highest BCUT2D eigenvalue weighted by Gasteiger charge is 2.43. The van der Waals surface area contributed by atoms with Crippen molar-refractivity contribution in [2.75, 3.05) is 6.61 Å². The predicted molar refractivity (Wildman–Crippen MR) is 72.4 cm³/mol. The molecule has 3 rings (SSSR count). The van der Waals surface area contributed by atoms with Crippen LogP contribution in [0.2, 0.25) is 0 Å². The molecule has 1 heterocycles. The van der Waals surface area contributed by atoms with E-state index in [1.807, 2.05) is 0 Å². The number of rotatable bonds is 3. The lowest BCUT2D eigenvalue weighted by Gasteiger charge is -2.45. The Bertz CT molecular complexity index is 273. The molecule has 3 fully saturated rings. The van der Waals surface area contributed by atoms with Gasteiger partial charge in [0.25, 0.3) is 0 Å². The van der Waals surface area contributed by atoms with E-state index in [-0.39, 0.29) is 11.7 Å². The normalized spacial score (nSPS) is 35.3. The van der Waals surface area contributed by atoms with Gasteiger partial charge in [-0.25, -0.2) is 0 Å². The van der Waals surface area contributed by atoms with Crippen LogP contribution < -0.4 is 0 Å². The fourth-order valence-corrected chi connectivity index (χ4v) is 4.23. The maximum absolute atomic E-state index is 10.6. The van der Waals surface area contributed by atoms with Crippen LogP contribution in [0.4, 0.5) is 0 Å². The number of hydrogen-bond acceptors (Lipinski definition) is 2. The van der Waals surface area contributed by atoms with Gasteiger partial charge in [-0.1, -0.05) is 26.2 Å². The summed E-state index contributed by atoms with van der Waals surface area (Å²) in [6.45, 7) is 3.13. The summed E-state index contributed by atoms with van der Waals surface area (Å²) in [5.74, 6) is 1.81. The van der Waals surface area contributed by atoms with E-state index in [4.69, 9.17) is 4.74 Å². The van der Waals surface area contributed by atoms with Crippen LogP contribution in [0, 0.1) is 17.8 Å². The topological polar surface area (TPSA) is 29.5 Å². The van der Waals surface area contributed by atoms with Gasteiger partial charge in [-0.3, -0.25) is 0 Å². The molecule has 2 nitrogen and oxygen atoms in total. The van der Waals surface area contributed by atoms with E-state index in [1.54, 1.807) is 0 Å². The molecule has 0 bridgehead atoms. The smallest absolute Gasteiger partial charge is 0.0686 e. The molecule has 18 heavy (non-hydrogen) atoms. The van der Waals surface area contributed by atoms with Crippen LogP contribution in [0.25, 0.3) is 0 Å². The summed E-state index contributed by atoms with van der Waals surface area (Å²) < 4.78 is 6.13. The standard InChI is InChI=1S/C16H28O2/c1-12(13-5-6-13)15(17)14-7-10-18-16(11-14)8-3-2-4-9-16/h12-15,17H,2-11H2,1H3. The Balaban J connectivity index is 1.61. The van der Waals surface area contributed by atoms with Gasteiger partial charge in [-0.2, -0.15) is 0 Å². The van der Waals surface area contributed by atoms with Gasteiger partial charge in [0.05, 0.1) is 11.7 Å². The molecular formula is C16H28O2. The zero-order chi connectivity index (χ0) is 12.6. The van der Waals surface area contributed by atoms with Gasteiger partial charge in [-0.15, -0.1) is 0 Å². The summed E-state index contributed by atoms with van der Waals surface area (Å²) in [5, 5.41) is 10.6. The highest BCUT2D eigenvalue weighted by Crippen LogP contribution is 2.45. The highest BCUT2D eigenvalue weighted by molar-refractivity contribution is 4.94. The number of hydrogen-bond donors (Lipinski definition) is 1. The van der Waals surface area contributed by atoms with Crippen molar-refractivity contribution < 1.29 is 9.84 Å². The average molecular weight is 252 g/mol. The van der Waals surface area contributed by atoms with Crippen molar-refractivity contribution in [1.29, 1.82) is 0 Å².